The van der Waals surface area contributed by atoms with Gasteiger partial charge in [-0.15, -0.1) is 23.2 Å². The number of nitrogens with two attached hydrogens (primary N) is 2. The van der Waals surface area contributed by atoms with Crippen molar-refractivity contribution in [3.05, 3.63) is 0 Å². The van der Waals surface area contributed by atoms with Crippen LogP contribution in [-0.2, 0) is 88.3 Å². The van der Waals surface area contributed by atoms with Crippen LogP contribution in [0.1, 0.15) is 174 Å². The van der Waals surface area contributed by atoms with Crippen LogP contribution in [0.5, 0.6) is 0 Å². The number of nitrogens with one attached hydrogen (secondary N) is 4. The maximum atomic E-state index is 11.6. The fraction of sp³-hybridized carbons (Fsp3) is 0.911. The molecule has 0 saturated heterocycles. The fourth-order valence-electron chi connectivity index (χ4n) is 4.59. The second-order valence-corrected chi connectivity index (χ2v) is 39.9. The number of ether oxygens (including phenoxy) is 2. The number of hydrogen-bond acceptors (Lipinski definition) is 20. The van der Waals surface area contributed by atoms with Gasteiger partial charge in [0.05, 0.1) is 36.7 Å². The normalized spacial score (nSPS) is 17.2. The van der Waals surface area contributed by atoms with E-state index in [1.165, 1.54) is 0 Å². The minimum absolute atomic E-state index is 0.0297. The van der Waals surface area contributed by atoms with Gasteiger partial charge < -0.3 is 19.7 Å². The lowest BCUT2D eigenvalue weighted by Crippen LogP contribution is -2.42. The minimum atomic E-state index is -5.08. The van der Waals surface area contributed by atoms with E-state index < -0.39 is 137 Å². The van der Waals surface area contributed by atoms with Gasteiger partial charge in [-0.2, -0.15) is 26.3 Å². The highest BCUT2D eigenvalue weighted by molar-refractivity contribution is 8.13. The van der Waals surface area contributed by atoms with Crippen molar-refractivity contribution in [2.24, 2.45) is 10.3 Å². The number of rotatable bonds is 15. The van der Waals surface area contributed by atoms with Crippen LogP contribution in [0.4, 0.5) is 35.9 Å². The number of alkyl halides is 8. The molecule has 0 heterocycles. The summed E-state index contributed by atoms with van der Waals surface area (Å²) in [4.78, 5) is 40.1. The zero-order chi connectivity index (χ0) is 72.1. The van der Waals surface area contributed by atoms with Gasteiger partial charge >= 0.3 is 36.5 Å². The van der Waals surface area contributed by atoms with Crippen LogP contribution in [0.2, 0.25) is 0 Å². The van der Waals surface area contributed by atoms with Crippen molar-refractivity contribution in [2.75, 3.05) is 23.3 Å². The van der Waals surface area contributed by atoms with Crippen LogP contribution in [0.25, 0.3) is 0 Å². The molecule has 28 nitrogen and oxygen atoms in total. The van der Waals surface area contributed by atoms with Crippen LogP contribution in [0.3, 0.4) is 0 Å². The lowest BCUT2D eigenvalue weighted by atomic mass is 10.1. The Bertz CT molecular complexity index is 3080. The SMILES string of the molecule is CC(C)(C)NS(=O)(=O)C1CC1.CC(C)(C)NS(=O)(=O)CCCCl.CC(C)(C)OC(=O)NS(=O)(=O)C1(C)CC1.CC(C)(C)OC(=O)NS(=O)(=O)C1CC1.CC1(S(N)(=O)=O)CC1.NS(=O)(=O)C1CC1.O=C(O)C(F)(F)F.O=C(O)C(F)(F)F.O=S(=O)(Cl)CCCCl. The van der Waals surface area contributed by atoms with E-state index in [4.69, 9.17) is 73.4 Å². The summed E-state index contributed by atoms with van der Waals surface area (Å²) in [6, 6.07) is 0. The third-order valence-corrected chi connectivity index (χ3v) is 22.8. The summed E-state index contributed by atoms with van der Waals surface area (Å²) in [6.45, 7) is 24.3. The number of sulfonamides is 6. The van der Waals surface area contributed by atoms with Gasteiger partial charge in [0.15, 0.2) is 0 Å². The largest absolute Gasteiger partial charge is 0.490 e. The van der Waals surface area contributed by atoms with Gasteiger partial charge in [-0.1, -0.05) is 0 Å². The maximum Gasteiger partial charge on any atom is 0.490 e. The summed E-state index contributed by atoms with van der Waals surface area (Å²) in [7, 11) is -18.0. The molecule has 2 amide bonds. The average molecular weight is 1510 g/mol. The lowest BCUT2D eigenvalue weighted by molar-refractivity contribution is -0.193. The van der Waals surface area contributed by atoms with Crippen molar-refractivity contribution >= 4 is 127 Å². The molecule has 0 aromatic carbocycles. The second-order valence-electron chi connectivity index (χ2n) is 24.4. The van der Waals surface area contributed by atoms with E-state index in [1.807, 2.05) is 51.0 Å². The first-order valence-corrected chi connectivity index (χ1v) is 39.0. The molecule has 5 fully saturated rings. The summed E-state index contributed by atoms with van der Waals surface area (Å²) in [5, 5.41) is 23.1. The van der Waals surface area contributed by atoms with Crippen LogP contribution in [0, 0.1) is 0 Å². The molecule has 0 bridgehead atoms. The minimum Gasteiger partial charge on any atom is -0.475 e. The van der Waals surface area contributed by atoms with Gasteiger partial charge in [0.2, 0.25) is 69.2 Å². The molecule has 44 heteroatoms. The molecule has 534 valence electrons. The smallest absolute Gasteiger partial charge is 0.475 e. The lowest BCUT2D eigenvalue weighted by Gasteiger charge is -2.20. The first kappa shape index (κ1) is 92.8. The van der Waals surface area contributed by atoms with Crippen molar-refractivity contribution in [2.45, 2.75) is 234 Å². The van der Waals surface area contributed by atoms with Gasteiger partial charge in [-0.05, 0) is 174 Å². The number of halogens is 9. The second kappa shape index (κ2) is 35.8. The van der Waals surface area contributed by atoms with E-state index in [0.29, 0.717) is 50.3 Å². The number of carbonyl (C=O) groups excluding carboxylic acids is 2. The predicted octanol–water partition coefficient (Wildman–Crippen LogP) is 6.31. The molecule has 0 radical (unpaired) electrons. The third-order valence-electron chi connectivity index (χ3n) is 9.86. The maximum absolute atomic E-state index is 11.6. The average Bonchev–Trinajstić information content (AvgIpc) is 4.25. The molecular weight excluding hydrogens is 1420 g/mol. The Balaban J connectivity index is -0.000000463. The van der Waals surface area contributed by atoms with Gasteiger partial charge in [0, 0.05) is 33.5 Å². The number of aliphatic carboxylic acids is 2. The first-order valence-electron chi connectivity index (χ1n) is 26.1. The number of primary sulfonamides is 2. The number of hydrogen-bond donors (Lipinski definition) is 8. The molecule has 5 aliphatic rings. The van der Waals surface area contributed by atoms with E-state index in [0.717, 1.165) is 38.5 Å². The summed E-state index contributed by atoms with van der Waals surface area (Å²) in [5.74, 6) is -4.72. The molecule has 0 spiro atoms. The van der Waals surface area contributed by atoms with Crippen LogP contribution < -0.4 is 29.2 Å². The monoisotopic (exact) mass is 1510 g/mol. The van der Waals surface area contributed by atoms with E-state index in [2.05, 4.69) is 9.44 Å². The highest BCUT2D eigenvalue weighted by Gasteiger charge is 2.51. The number of amides is 2. The topological polar surface area (TPSA) is 466 Å². The van der Waals surface area contributed by atoms with Gasteiger partial charge in [-0.25, -0.2) is 107 Å². The molecule has 5 aliphatic carbocycles. The van der Waals surface area contributed by atoms with Crippen LogP contribution in [0.15, 0.2) is 0 Å². The molecule has 5 saturated carbocycles. The molecule has 89 heavy (non-hydrogen) atoms. The Morgan fingerprint density at radius 2 is 0.798 bits per heavy atom. The summed E-state index contributed by atoms with van der Waals surface area (Å²) < 4.78 is 233. The van der Waals surface area contributed by atoms with Gasteiger partial charge in [0.1, 0.15) is 11.2 Å². The zero-order valence-electron chi connectivity index (χ0n) is 51.5. The standard InChI is InChI=1S/C9H17NO4S.C8H15NO4S.C7H16ClNO2S.C7H15NO2S.C4H9NO2S.C3H6Cl2O2S.C3H7NO2S.2C2HF3O2/c1-8(2,3)14-7(11)10-15(12,13)9(4)5-6-9;1-8(2,3)13-7(10)9-14(11,12)6-4-5-6;1-7(2,3)9-12(10,11)6-4-5-8;1-7(2,3)8-11(9,10)6-4-5-6;1-4(2-3-4)8(5,6)7;4-2-1-3-8(5,6)7;4-7(5,6)3-1-2-3;2*3-2(4,5)1(6)7/h5-6H2,1-4H3,(H,10,11);6H,4-5H2,1-3H3,(H,9,10);9H,4-6H2,1-3H3;6,8H,4-5H2,1-3H3;2-3H2,1H3,(H2,5,6,7);1-3H2;3H,1-2H2,(H2,4,5,6);2*(H,6,7). The molecule has 0 atom stereocenters. The van der Waals surface area contributed by atoms with Gasteiger partial charge in [0.25, 0.3) is 0 Å². The summed E-state index contributed by atoms with van der Waals surface area (Å²) in [6.07, 6.45) is -4.00. The quantitative estimate of drug-likeness (QED) is 0.0505. The van der Waals surface area contributed by atoms with E-state index >= 15 is 0 Å². The van der Waals surface area contributed by atoms with E-state index in [9.17, 15) is 94.9 Å². The van der Waals surface area contributed by atoms with Crippen molar-refractivity contribution in [3.63, 3.8) is 0 Å². The number of carboxylic acids is 2. The number of carbonyl (C=O) groups is 4. The van der Waals surface area contributed by atoms with Crippen LogP contribution in [-0.4, -0.2) is 176 Å². The van der Waals surface area contributed by atoms with Gasteiger partial charge in [-0.3, -0.25) is 0 Å². The Morgan fingerprint density at radius 3 is 0.989 bits per heavy atom. The van der Waals surface area contributed by atoms with E-state index in [1.54, 1.807) is 55.4 Å². The molecule has 5 rings (SSSR count). The molecule has 0 aromatic heterocycles. The summed E-state index contributed by atoms with van der Waals surface area (Å²) in [5.41, 5.74) is -2.10. The molecule has 10 N–H and O–H groups in total. The van der Waals surface area contributed by atoms with Crippen molar-refractivity contribution < 1.29 is 124 Å². The molecular formula is C45H87Cl3F6N6O22S7. The predicted molar refractivity (Wildman–Crippen MR) is 323 cm³/mol. The molecule has 0 unspecified atom stereocenters. The molecule has 0 aliphatic heterocycles. The summed E-state index contributed by atoms with van der Waals surface area (Å²) >= 11 is 10.6. The Morgan fingerprint density at radius 1 is 0.506 bits per heavy atom. The highest BCUT2D eigenvalue weighted by atomic mass is 35.7. The van der Waals surface area contributed by atoms with Crippen molar-refractivity contribution in [1.82, 2.24) is 18.9 Å². The zero-order valence-corrected chi connectivity index (χ0v) is 59.5. The first-order chi connectivity index (χ1) is 38.9. The van der Waals surface area contributed by atoms with E-state index in [-0.39, 0.29) is 27.5 Å². The van der Waals surface area contributed by atoms with Crippen molar-refractivity contribution in [3.8, 4) is 0 Å². The van der Waals surface area contributed by atoms with Crippen LogP contribution >= 0.6 is 33.9 Å². The fourth-order valence-corrected chi connectivity index (χ4v) is 13.1. The highest BCUT2D eigenvalue weighted by Crippen LogP contribution is 2.42. The van der Waals surface area contributed by atoms with Crippen molar-refractivity contribution in [1.29, 1.82) is 0 Å². The Hall–Kier alpha value is -2.58. The molecule has 0 aromatic rings. The third kappa shape index (κ3) is 52.5. The number of carboxylic acid groups (broad SMARTS) is 2. The Labute approximate surface area is 534 Å². The Kier molecular flexibility index (Phi) is 37.3.